The molecule has 0 saturated heterocycles. The third kappa shape index (κ3) is 5.45. The van der Waals surface area contributed by atoms with E-state index in [1.54, 1.807) is 42.5 Å². The van der Waals surface area contributed by atoms with Crippen molar-refractivity contribution in [3.05, 3.63) is 90.0 Å². The number of carbonyl (C=O) groups excluding carboxylic acids is 2. The quantitative estimate of drug-likeness (QED) is 0.639. The normalized spacial score (nSPS) is 10.2. The summed E-state index contributed by atoms with van der Waals surface area (Å²) >= 11 is 0. The van der Waals surface area contributed by atoms with Gasteiger partial charge in [0.15, 0.2) is 0 Å². The maximum Gasteiger partial charge on any atom is 0.259 e. The molecule has 5 nitrogen and oxygen atoms in total. The first-order chi connectivity index (χ1) is 13.6. The Labute approximate surface area is 164 Å². The summed E-state index contributed by atoms with van der Waals surface area (Å²) in [6.45, 7) is 1.92. The monoisotopic (exact) mass is 374 g/mol. The highest BCUT2D eigenvalue weighted by Crippen LogP contribution is 2.21. The minimum Gasteiger partial charge on any atom is -0.492 e. The molecular formula is C23H22N2O3. The number of rotatable bonds is 7. The molecule has 2 amide bonds. The molecule has 0 aliphatic carbocycles. The van der Waals surface area contributed by atoms with Crippen LogP contribution in [0.5, 0.6) is 5.75 Å². The highest BCUT2D eigenvalue weighted by Gasteiger charge is 2.13. The van der Waals surface area contributed by atoms with E-state index in [9.17, 15) is 9.59 Å². The van der Waals surface area contributed by atoms with Gasteiger partial charge in [-0.05, 0) is 35.9 Å². The number of para-hydroxylation sites is 1. The lowest BCUT2D eigenvalue weighted by atomic mass is 10.1. The van der Waals surface area contributed by atoms with E-state index < -0.39 is 0 Å². The van der Waals surface area contributed by atoms with Crippen LogP contribution < -0.4 is 15.4 Å². The molecule has 0 atom stereocenters. The van der Waals surface area contributed by atoms with Crippen LogP contribution in [0, 0.1) is 0 Å². The molecule has 5 heteroatoms. The van der Waals surface area contributed by atoms with Gasteiger partial charge in [0.05, 0.1) is 12.2 Å². The summed E-state index contributed by atoms with van der Waals surface area (Å²) in [5.41, 5.74) is 2.85. The van der Waals surface area contributed by atoms with E-state index in [1.165, 1.54) is 12.5 Å². The van der Waals surface area contributed by atoms with Gasteiger partial charge in [-0.1, -0.05) is 48.5 Å². The molecule has 0 fully saturated rings. The van der Waals surface area contributed by atoms with Crippen LogP contribution in [-0.2, 0) is 11.2 Å². The molecule has 0 aliphatic heterocycles. The Kier molecular flexibility index (Phi) is 6.41. The predicted molar refractivity (Wildman–Crippen MR) is 111 cm³/mol. The van der Waals surface area contributed by atoms with E-state index in [-0.39, 0.29) is 11.8 Å². The number of carbonyl (C=O) groups is 2. The largest absolute Gasteiger partial charge is 0.492 e. The minimum absolute atomic E-state index is 0.166. The summed E-state index contributed by atoms with van der Waals surface area (Å²) in [4.78, 5) is 23.9. The van der Waals surface area contributed by atoms with E-state index >= 15 is 0 Å². The Morgan fingerprint density at radius 1 is 0.821 bits per heavy atom. The van der Waals surface area contributed by atoms with Crippen LogP contribution in [0.15, 0.2) is 78.9 Å². The van der Waals surface area contributed by atoms with Crippen molar-refractivity contribution >= 4 is 23.2 Å². The Hall–Kier alpha value is -3.60. The Bertz CT molecular complexity index is 955. The third-order valence-corrected chi connectivity index (χ3v) is 4.06. The minimum atomic E-state index is -0.268. The average molecular weight is 374 g/mol. The number of hydrogen-bond donors (Lipinski definition) is 2. The molecule has 0 radical (unpaired) electrons. The summed E-state index contributed by atoms with van der Waals surface area (Å²) in [5, 5.41) is 5.55. The number of benzene rings is 3. The van der Waals surface area contributed by atoms with Crippen molar-refractivity contribution in [3.63, 3.8) is 0 Å². The zero-order chi connectivity index (χ0) is 19.8. The smallest absolute Gasteiger partial charge is 0.259 e. The van der Waals surface area contributed by atoms with E-state index in [0.29, 0.717) is 29.3 Å². The highest BCUT2D eigenvalue weighted by molar-refractivity contribution is 6.06. The Morgan fingerprint density at radius 2 is 1.50 bits per heavy atom. The van der Waals surface area contributed by atoms with Crippen LogP contribution in [0.1, 0.15) is 22.8 Å². The lowest BCUT2D eigenvalue weighted by Gasteiger charge is -2.12. The van der Waals surface area contributed by atoms with Crippen LogP contribution in [0.25, 0.3) is 0 Å². The predicted octanol–water partition coefficient (Wildman–Crippen LogP) is 4.52. The van der Waals surface area contributed by atoms with Crippen LogP contribution in [0.3, 0.4) is 0 Å². The first-order valence-electron chi connectivity index (χ1n) is 9.06. The maximum absolute atomic E-state index is 12.7. The van der Waals surface area contributed by atoms with Gasteiger partial charge >= 0.3 is 0 Å². The molecule has 0 saturated carbocycles. The molecule has 0 aliphatic rings. The standard InChI is InChI=1S/C23H22N2O3/c1-17(26)24-19-10-7-11-20(16-19)25-23(27)21-12-5-6-13-22(21)28-15-14-18-8-3-2-4-9-18/h2-13,16H,14-15H2,1H3,(H,24,26)(H,25,27). The van der Waals surface area contributed by atoms with Gasteiger partial charge < -0.3 is 15.4 Å². The number of ether oxygens (including phenoxy) is 1. The van der Waals surface area contributed by atoms with E-state index in [1.807, 2.05) is 36.4 Å². The van der Waals surface area contributed by atoms with Crippen molar-refractivity contribution in [2.75, 3.05) is 17.2 Å². The van der Waals surface area contributed by atoms with Gasteiger partial charge in [-0.2, -0.15) is 0 Å². The first-order valence-corrected chi connectivity index (χ1v) is 9.06. The molecule has 28 heavy (non-hydrogen) atoms. The molecule has 3 aromatic rings. The maximum atomic E-state index is 12.7. The molecule has 142 valence electrons. The summed E-state index contributed by atoms with van der Waals surface area (Å²) in [6, 6.07) is 24.2. The van der Waals surface area contributed by atoms with Gasteiger partial charge in [0.1, 0.15) is 5.75 Å². The van der Waals surface area contributed by atoms with Crippen LogP contribution >= 0.6 is 0 Å². The molecule has 3 rings (SSSR count). The van der Waals surface area contributed by atoms with E-state index in [2.05, 4.69) is 10.6 Å². The zero-order valence-electron chi connectivity index (χ0n) is 15.6. The number of anilines is 2. The van der Waals surface area contributed by atoms with Crippen molar-refractivity contribution in [3.8, 4) is 5.75 Å². The van der Waals surface area contributed by atoms with Crippen molar-refractivity contribution in [1.82, 2.24) is 0 Å². The van der Waals surface area contributed by atoms with Gasteiger partial charge in [-0.25, -0.2) is 0 Å². The summed E-state index contributed by atoms with van der Waals surface area (Å²) < 4.78 is 5.86. The number of nitrogens with one attached hydrogen (secondary N) is 2. The molecule has 0 aromatic heterocycles. The molecule has 3 aromatic carbocycles. The Balaban J connectivity index is 1.66. The summed E-state index contributed by atoms with van der Waals surface area (Å²) in [6.07, 6.45) is 0.759. The molecular weight excluding hydrogens is 352 g/mol. The van der Waals surface area contributed by atoms with Crippen LogP contribution in [-0.4, -0.2) is 18.4 Å². The summed E-state index contributed by atoms with van der Waals surface area (Å²) in [7, 11) is 0. The van der Waals surface area contributed by atoms with E-state index in [4.69, 9.17) is 4.74 Å². The molecule has 0 bridgehead atoms. The highest BCUT2D eigenvalue weighted by atomic mass is 16.5. The van der Waals surface area contributed by atoms with Gasteiger partial charge in [0.2, 0.25) is 5.91 Å². The van der Waals surface area contributed by atoms with E-state index in [0.717, 1.165) is 6.42 Å². The first kappa shape index (κ1) is 19.2. The molecule has 0 unspecified atom stereocenters. The zero-order valence-corrected chi connectivity index (χ0v) is 15.6. The van der Waals surface area contributed by atoms with Gasteiger partial charge in [-0.3, -0.25) is 9.59 Å². The SMILES string of the molecule is CC(=O)Nc1cccc(NC(=O)c2ccccc2OCCc2ccccc2)c1. The second-order valence-electron chi connectivity index (χ2n) is 6.30. The van der Waals surface area contributed by atoms with Gasteiger partial charge in [0, 0.05) is 24.7 Å². The fraction of sp³-hybridized carbons (Fsp3) is 0.130. The fourth-order valence-electron chi connectivity index (χ4n) is 2.78. The molecule has 2 N–H and O–H groups in total. The lowest BCUT2D eigenvalue weighted by Crippen LogP contribution is -2.14. The van der Waals surface area contributed by atoms with Crippen LogP contribution in [0.4, 0.5) is 11.4 Å². The van der Waals surface area contributed by atoms with Crippen molar-refractivity contribution in [2.45, 2.75) is 13.3 Å². The number of hydrogen-bond acceptors (Lipinski definition) is 3. The average Bonchev–Trinajstić information content (AvgIpc) is 2.69. The fourth-order valence-corrected chi connectivity index (χ4v) is 2.78. The van der Waals surface area contributed by atoms with Crippen molar-refractivity contribution in [1.29, 1.82) is 0 Å². The molecule has 0 spiro atoms. The van der Waals surface area contributed by atoms with Crippen molar-refractivity contribution in [2.24, 2.45) is 0 Å². The topological polar surface area (TPSA) is 67.4 Å². The Morgan fingerprint density at radius 3 is 2.25 bits per heavy atom. The van der Waals surface area contributed by atoms with Crippen LogP contribution in [0.2, 0.25) is 0 Å². The van der Waals surface area contributed by atoms with Crippen molar-refractivity contribution < 1.29 is 14.3 Å². The second-order valence-corrected chi connectivity index (χ2v) is 6.30. The lowest BCUT2D eigenvalue weighted by molar-refractivity contribution is -0.114. The second kappa shape index (κ2) is 9.37. The van der Waals surface area contributed by atoms with Gasteiger partial charge in [0.25, 0.3) is 5.91 Å². The molecule has 0 heterocycles. The third-order valence-electron chi connectivity index (χ3n) is 4.06. The number of amides is 2. The summed E-state index contributed by atoms with van der Waals surface area (Å²) in [5.74, 6) is 0.102. The van der Waals surface area contributed by atoms with Gasteiger partial charge in [-0.15, -0.1) is 0 Å².